The molecule has 1 aromatic rings. The van der Waals surface area contributed by atoms with Gasteiger partial charge in [0.05, 0.1) is 4.92 Å². The third-order valence-corrected chi connectivity index (χ3v) is 3.57. The smallest absolute Gasteiger partial charge is 0.326 e. The zero-order valence-electron chi connectivity index (χ0n) is 11.0. The summed E-state index contributed by atoms with van der Waals surface area (Å²) < 4.78 is 0. The fraction of sp³-hybridized carbons (Fsp3) is 0.333. The van der Waals surface area contributed by atoms with Crippen molar-refractivity contribution in [1.82, 2.24) is 5.32 Å². The molecule has 9 heteroatoms. The molecule has 7 nitrogen and oxygen atoms in total. The van der Waals surface area contributed by atoms with Gasteiger partial charge in [-0.15, -0.1) is 0 Å². The Kier molecular flexibility index (Phi) is 6.44. The first-order valence-electron chi connectivity index (χ1n) is 5.83. The van der Waals surface area contributed by atoms with Crippen LogP contribution in [0.4, 0.5) is 5.69 Å². The molecule has 0 aliphatic heterocycles. The van der Waals surface area contributed by atoms with E-state index in [9.17, 15) is 19.7 Å². The predicted octanol–water partition coefficient (Wildman–Crippen LogP) is 2.18. The number of rotatable bonds is 7. The fourth-order valence-corrected chi connectivity index (χ4v) is 2.25. The van der Waals surface area contributed by atoms with Gasteiger partial charge in [-0.3, -0.25) is 14.9 Å². The molecule has 0 aliphatic carbocycles. The Hall–Kier alpha value is -1.80. The molecule has 114 valence electrons. The maximum Gasteiger partial charge on any atom is 0.326 e. The number of amides is 1. The van der Waals surface area contributed by atoms with Crippen LogP contribution in [0.1, 0.15) is 16.8 Å². The number of nitrogens with one attached hydrogen (secondary N) is 1. The van der Waals surface area contributed by atoms with Gasteiger partial charge in [-0.05, 0) is 30.6 Å². The van der Waals surface area contributed by atoms with Crippen molar-refractivity contribution in [1.29, 1.82) is 0 Å². The molecule has 0 bridgehead atoms. The molecule has 1 rings (SSSR count). The van der Waals surface area contributed by atoms with E-state index >= 15 is 0 Å². The van der Waals surface area contributed by atoms with E-state index in [4.69, 9.17) is 16.7 Å². The van der Waals surface area contributed by atoms with Crippen molar-refractivity contribution in [2.75, 3.05) is 12.0 Å². The van der Waals surface area contributed by atoms with E-state index in [0.717, 1.165) is 12.1 Å². The van der Waals surface area contributed by atoms with Gasteiger partial charge in [0.1, 0.15) is 11.1 Å². The van der Waals surface area contributed by atoms with Crippen LogP contribution in [0.3, 0.4) is 0 Å². The third kappa shape index (κ3) is 4.91. The van der Waals surface area contributed by atoms with E-state index in [-0.39, 0.29) is 22.7 Å². The van der Waals surface area contributed by atoms with Gasteiger partial charge < -0.3 is 10.4 Å². The molecule has 1 amide bonds. The summed E-state index contributed by atoms with van der Waals surface area (Å²) in [5.74, 6) is -1.19. The Morgan fingerprint density at radius 1 is 1.52 bits per heavy atom. The van der Waals surface area contributed by atoms with Crippen LogP contribution in [0.15, 0.2) is 18.2 Å². The summed E-state index contributed by atoms with van der Waals surface area (Å²) >= 11 is 7.18. The van der Waals surface area contributed by atoms with Crippen molar-refractivity contribution in [3.8, 4) is 0 Å². The minimum absolute atomic E-state index is 0.0704. The quantitative estimate of drug-likeness (QED) is 0.585. The molecule has 0 fully saturated rings. The number of carbonyl (C=O) groups is 2. The Labute approximate surface area is 129 Å². The average molecular weight is 333 g/mol. The topological polar surface area (TPSA) is 110 Å². The summed E-state index contributed by atoms with van der Waals surface area (Å²) in [4.78, 5) is 33.0. The molecule has 0 aliphatic rings. The molecule has 2 N–H and O–H groups in total. The molecule has 1 unspecified atom stereocenters. The van der Waals surface area contributed by atoms with E-state index in [1.165, 1.54) is 17.8 Å². The van der Waals surface area contributed by atoms with Gasteiger partial charge in [-0.2, -0.15) is 11.8 Å². The molecule has 0 aromatic heterocycles. The molecule has 0 radical (unpaired) electrons. The molecule has 0 saturated carbocycles. The number of aliphatic carboxylic acids is 1. The van der Waals surface area contributed by atoms with Crippen molar-refractivity contribution >= 4 is 40.9 Å². The molecule has 0 heterocycles. The summed E-state index contributed by atoms with van der Waals surface area (Å²) in [6, 6.07) is 2.46. The van der Waals surface area contributed by atoms with Crippen LogP contribution in [0.2, 0.25) is 5.02 Å². The largest absolute Gasteiger partial charge is 0.480 e. The number of nitrogens with zero attached hydrogens (tertiary/aromatic N) is 1. The molecule has 1 aromatic carbocycles. The summed E-state index contributed by atoms with van der Waals surface area (Å²) in [5.41, 5.74) is -0.244. The standard InChI is InChI=1S/C12H13ClN2O5S/c1-21-5-4-9(12(17)18)14-11(16)7-2-3-10(15(19)20)8(13)6-7/h2-3,6,9H,4-5H2,1H3,(H,14,16)(H,17,18). The number of carboxylic acids is 1. The fourth-order valence-electron chi connectivity index (χ4n) is 1.53. The monoisotopic (exact) mass is 332 g/mol. The summed E-state index contributed by atoms with van der Waals surface area (Å²) in [6.45, 7) is 0. The van der Waals surface area contributed by atoms with Crippen molar-refractivity contribution in [2.24, 2.45) is 0 Å². The Morgan fingerprint density at radius 2 is 2.19 bits per heavy atom. The van der Waals surface area contributed by atoms with Gasteiger partial charge in [0.25, 0.3) is 11.6 Å². The number of carbonyl (C=O) groups excluding carboxylic acids is 1. The van der Waals surface area contributed by atoms with Crippen molar-refractivity contribution in [2.45, 2.75) is 12.5 Å². The number of nitro benzene ring substituents is 1. The normalized spacial score (nSPS) is 11.7. The highest BCUT2D eigenvalue weighted by molar-refractivity contribution is 7.98. The average Bonchev–Trinajstić information content (AvgIpc) is 2.42. The number of thioether (sulfide) groups is 1. The molecular formula is C12H13ClN2O5S. The van der Waals surface area contributed by atoms with Crippen molar-refractivity contribution in [3.05, 3.63) is 38.9 Å². The minimum atomic E-state index is -1.13. The van der Waals surface area contributed by atoms with Gasteiger partial charge in [-0.1, -0.05) is 11.6 Å². The maximum absolute atomic E-state index is 11.9. The van der Waals surface area contributed by atoms with Crippen molar-refractivity contribution < 1.29 is 19.6 Å². The number of nitro groups is 1. The summed E-state index contributed by atoms with van der Waals surface area (Å²) in [7, 11) is 0. The van der Waals surface area contributed by atoms with Gasteiger partial charge in [0.2, 0.25) is 0 Å². The lowest BCUT2D eigenvalue weighted by Gasteiger charge is -2.14. The highest BCUT2D eigenvalue weighted by Crippen LogP contribution is 2.24. The molecular weight excluding hydrogens is 320 g/mol. The van der Waals surface area contributed by atoms with Crippen LogP contribution in [-0.2, 0) is 4.79 Å². The first kappa shape index (κ1) is 17.3. The molecule has 0 saturated heterocycles. The number of hydrogen-bond donors (Lipinski definition) is 2. The van der Waals surface area contributed by atoms with Gasteiger partial charge in [-0.25, -0.2) is 4.79 Å². The lowest BCUT2D eigenvalue weighted by molar-refractivity contribution is -0.384. The van der Waals surface area contributed by atoms with Crippen molar-refractivity contribution in [3.63, 3.8) is 0 Å². The van der Waals surface area contributed by atoms with Crippen LogP contribution in [-0.4, -0.2) is 40.0 Å². The van der Waals surface area contributed by atoms with Crippen LogP contribution < -0.4 is 5.32 Å². The number of carboxylic acid groups (broad SMARTS) is 1. The predicted molar refractivity (Wildman–Crippen MR) is 80.0 cm³/mol. The van der Waals surface area contributed by atoms with E-state index in [0.29, 0.717) is 5.75 Å². The van der Waals surface area contributed by atoms with E-state index in [1.54, 1.807) is 0 Å². The van der Waals surface area contributed by atoms with E-state index in [1.807, 2.05) is 6.26 Å². The first-order valence-corrected chi connectivity index (χ1v) is 7.60. The number of hydrogen-bond acceptors (Lipinski definition) is 5. The number of halogens is 1. The van der Waals surface area contributed by atoms with E-state index in [2.05, 4.69) is 5.32 Å². The minimum Gasteiger partial charge on any atom is -0.480 e. The van der Waals surface area contributed by atoms with Gasteiger partial charge >= 0.3 is 5.97 Å². The van der Waals surface area contributed by atoms with E-state index < -0.39 is 22.8 Å². The van der Waals surface area contributed by atoms with Crippen LogP contribution in [0.5, 0.6) is 0 Å². The third-order valence-electron chi connectivity index (χ3n) is 2.62. The van der Waals surface area contributed by atoms with Crippen LogP contribution in [0, 0.1) is 10.1 Å². The highest BCUT2D eigenvalue weighted by atomic mass is 35.5. The molecule has 21 heavy (non-hydrogen) atoms. The van der Waals surface area contributed by atoms with Gasteiger partial charge in [0, 0.05) is 11.6 Å². The Bertz CT molecular complexity index is 567. The molecule has 0 spiro atoms. The number of benzene rings is 1. The highest BCUT2D eigenvalue weighted by Gasteiger charge is 2.21. The second-order valence-corrected chi connectivity index (χ2v) is 5.46. The Balaban J connectivity index is 2.85. The van der Waals surface area contributed by atoms with Crippen LogP contribution >= 0.6 is 23.4 Å². The Morgan fingerprint density at radius 3 is 2.67 bits per heavy atom. The summed E-state index contributed by atoms with van der Waals surface area (Å²) in [5, 5.41) is 21.8. The zero-order valence-corrected chi connectivity index (χ0v) is 12.6. The summed E-state index contributed by atoms with van der Waals surface area (Å²) in [6.07, 6.45) is 2.11. The second-order valence-electron chi connectivity index (χ2n) is 4.07. The first-order chi connectivity index (χ1) is 9.86. The van der Waals surface area contributed by atoms with Crippen LogP contribution in [0.25, 0.3) is 0 Å². The lowest BCUT2D eigenvalue weighted by atomic mass is 10.1. The lowest BCUT2D eigenvalue weighted by Crippen LogP contribution is -2.41. The van der Waals surface area contributed by atoms with Gasteiger partial charge in [0.15, 0.2) is 0 Å². The SMILES string of the molecule is CSCCC(NC(=O)c1ccc([N+](=O)[O-])c(Cl)c1)C(=O)O. The zero-order chi connectivity index (χ0) is 16.0. The second kappa shape index (κ2) is 7.84. The maximum atomic E-state index is 11.9. The molecule has 1 atom stereocenters.